The van der Waals surface area contributed by atoms with Crippen molar-refractivity contribution in [2.45, 2.75) is 44.6 Å². The van der Waals surface area contributed by atoms with Gasteiger partial charge in [0.25, 0.3) is 0 Å². The summed E-state index contributed by atoms with van der Waals surface area (Å²) in [6.45, 7) is 5.02. The third-order valence-electron chi connectivity index (χ3n) is 2.87. The molecule has 0 aliphatic carbocycles. The first kappa shape index (κ1) is 8.48. The second-order valence-corrected chi connectivity index (χ2v) is 3.97. The number of hydrogen-bond acceptors (Lipinski definition) is 3. The van der Waals surface area contributed by atoms with E-state index in [2.05, 4.69) is 25.8 Å². The first-order valence-electron chi connectivity index (χ1n) is 4.66. The third-order valence-corrected chi connectivity index (χ3v) is 2.87. The van der Waals surface area contributed by atoms with Gasteiger partial charge in [-0.1, -0.05) is 0 Å². The van der Waals surface area contributed by atoms with Crippen LogP contribution in [-0.2, 0) is 9.47 Å². The molecule has 2 rings (SSSR count). The van der Waals surface area contributed by atoms with Crippen LogP contribution in [0.5, 0.6) is 0 Å². The molecule has 0 aromatic carbocycles. The van der Waals surface area contributed by atoms with Crippen LogP contribution in [0.4, 0.5) is 0 Å². The van der Waals surface area contributed by atoms with Gasteiger partial charge in [-0.2, -0.15) is 0 Å². The van der Waals surface area contributed by atoms with Crippen molar-refractivity contribution < 1.29 is 9.47 Å². The van der Waals surface area contributed by atoms with Crippen molar-refractivity contribution >= 4 is 0 Å². The summed E-state index contributed by atoms with van der Waals surface area (Å²) in [6.07, 6.45) is 2.10. The largest absolute Gasteiger partial charge is 0.374 e. The minimum absolute atomic E-state index is 0.311. The van der Waals surface area contributed by atoms with Crippen LogP contribution in [0, 0.1) is 0 Å². The molecule has 2 fully saturated rings. The summed E-state index contributed by atoms with van der Waals surface area (Å²) in [5.41, 5.74) is 0. The maximum atomic E-state index is 5.75. The average Bonchev–Trinajstić information content (AvgIpc) is 2.31. The minimum Gasteiger partial charge on any atom is -0.374 e. The summed E-state index contributed by atoms with van der Waals surface area (Å²) in [7, 11) is 2.10. The van der Waals surface area contributed by atoms with Crippen molar-refractivity contribution in [2.75, 3.05) is 13.8 Å². The molecule has 0 aromatic heterocycles. The summed E-state index contributed by atoms with van der Waals surface area (Å²) < 4.78 is 11.4. The predicted molar refractivity (Wildman–Crippen MR) is 45.9 cm³/mol. The lowest BCUT2D eigenvalue weighted by Crippen LogP contribution is -2.49. The van der Waals surface area contributed by atoms with Crippen LogP contribution < -0.4 is 0 Å². The van der Waals surface area contributed by atoms with Crippen LogP contribution in [-0.4, -0.2) is 43.0 Å². The molecule has 0 bridgehead atoms. The van der Waals surface area contributed by atoms with Gasteiger partial charge in [0.1, 0.15) is 0 Å². The maximum Gasteiger partial charge on any atom is 0.0996 e. The third kappa shape index (κ3) is 1.26. The number of nitrogens with zero attached hydrogens (tertiary/aromatic N) is 1. The van der Waals surface area contributed by atoms with E-state index in [9.17, 15) is 0 Å². The highest BCUT2D eigenvalue weighted by Crippen LogP contribution is 2.29. The van der Waals surface area contributed by atoms with E-state index in [1.54, 1.807) is 0 Å². The Balaban J connectivity index is 2.09. The zero-order valence-corrected chi connectivity index (χ0v) is 7.99. The van der Waals surface area contributed by atoms with Crippen molar-refractivity contribution in [3.05, 3.63) is 0 Å². The van der Waals surface area contributed by atoms with Crippen LogP contribution in [0.1, 0.15) is 20.3 Å². The molecule has 2 saturated heterocycles. The van der Waals surface area contributed by atoms with Gasteiger partial charge in [0.15, 0.2) is 0 Å². The molecule has 4 unspecified atom stereocenters. The fourth-order valence-electron chi connectivity index (χ4n) is 2.38. The standard InChI is InChI=1S/C9H17NO2/c1-6-4-8-9(7(2)12-6)10(3)5-11-8/h6-9H,4-5H2,1-3H3. The Bertz CT molecular complexity index is 174. The molecule has 0 saturated carbocycles. The van der Waals surface area contributed by atoms with Crippen LogP contribution in [0.25, 0.3) is 0 Å². The molecule has 0 aromatic rings. The molecule has 12 heavy (non-hydrogen) atoms. The van der Waals surface area contributed by atoms with E-state index in [4.69, 9.17) is 9.47 Å². The Hall–Kier alpha value is -0.120. The maximum absolute atomic E-state index is 5.75. The van der Waals surface area contributed by atoms with Crippen LogP contribution >= 0.6 is 0 Å². The molecule has 0 amide bonds. The van der Waals surface area contributed by atoms with Crippen molar-refractivity contribution in [1.29, 1.82) is 0 Å². The Morgan fingerprint density at radius 3 is 2.83 bits per heavy atom. The highest BCUT2D eigenvalue weighted by molar-refractivity contribution is 4.92. The lowest BCUT2D eigenvalue weighted by Gasteiger charge is -2.36. The molecule has 2 heterocycles. The molecular weight excluding hydrogens is 154 g/mol. The lowest BCUT2D eigenvalue weighted by atomic mass is 9.97. The van der Waals surface area contributed by atoms with E-state index >= 15 is 0 Å². The molecule has 0 spiro atoms. The molecule has 3 heteroatoms. The van der Waals surface area contributed by atoms with Gasteiger partial charge >= 0.3 is 0 Å². The van der Waals surface area contributed by atoms with Crippen molar-refractivity contribution in [3.8, 4) is 0 Å². The SMILES string of the molecule is CC1CC2OCN(C)C2C(C)O1. The highest BCUT2D eigenvalue weighted by atomic mass is 16.5. The Morgan fingerprint density at radius 2 is 2.08 bits per heavy atom. The Morgan fingerprint density at radius 1 is 1.33 bits per heavy atom. The van der Waals surface area contributed by atoms with Gasteiger partial charge in [0.2, 0.25) is 0 Å². The van der Waals surface area contributed by atoms with Crippen molar-refractivity contribution in [1.82, 2.24) is 4.90 Å². The molecule has 0 N–H and O–H groups in total. The number of ether oxygens (including phenoxy) is 2. The van der Waals surface area contributed by atoms with Crippen LogP contribution in [0.15, 0.2) is 0 Å². The predicted octanol–water partition coefficient (Wildman–Crippen LogP) is 0.840. The molecule has 4 atom stereocenters. The fraction of sp³-hybridized carbons (Fsp3) is 1.00. The molecule has 2 aliphatic heterocycles. The van der Waals surface area contributed by atoms with Crippen LogP contribution in [0.2, 0.25) is 0 Å². The van der Waals surface area contributed by atoms with E-state index in [0.29, 0.717) is 24.4 Å². The van der Waals surface area contributed by atoms with Gasteiger partial charge in [-0.3, -0.25) is 4.90 Å². The summed E-state index contributed by atoms with van der Waals surface area (Å²) in [4.78, 5) is 2.24. The first-order chi connectivity index (χ1) is 5.68. The number of hydrogen-bond donors (Lipinski definition) is 0. The molecule has 2 aliphatic rings. The molecule has 3 nitrogen and oxygen atoms in total. The smallest absolute Gasteiger partial charge is 0.0996 e. The summed E-state index contributed by atoms with van der Waals surface area (Å²) in [5.74, 6) is 0. The van der Waals surface area contributed by atoms with E-state index < -0.39 is 0 Å². The first-order valence-corrected chi connectivity index (χ1v) is 4.66. The highest BCUT2D eigenvalue weighted by Gasteiger charge is 2.42. The number of rotatable bonds is 0. The van der Waals surface area contributed by atoms with Gasteiger partial charge in [-0.25, -0.2) is 0 Å². The van der Waals surface area contributed by atoms with Gasteiger partial charge in [-0.05, 0) is 20.9 Å². The lowest BCUT2D eigenvalue weighted by molar-refractivity contribution is -0.0922. The van der Waals surface area contributed by atoms with Crippen molar-refractivity contribution in [3.63, 3.8) is 0 Å². The normalized spacial score (nSPS) is 49.2. The summed E-state index contributed by atoms with van der Waals surface area (Å²) >= 11 is 0. The van der Waals surface area contributed by atoms with E-state index in [1.165, 1.54) is 0 Å². The Kier molecular flexibility index (Phi) is 2.10. The molecular formula is C9H17NO2. The molecule has 0 radical (unpaired) electrons. The van der Waals surface area contributed by atoms with Gasteiger partial charge in [-0.15, -0.1) is 0 Å². The quantitative estimate of drug-likeness (QED) is 0.539. The second kappa shape index (κ2) is 2.98. The average molecular weight is 171 g/mol. The fourth-order valence-corrected chi connectivity index (χ4v) is 2.38. The van der Waals surface area contributed by atoms with E-state index in [-0.39, 0.29) is 0 Å². The summed E-state index contributed by atoms with van der Waals surface area (Å²) in [6, 6.07) is 0.473. The van der Waals surface area contributed by atoms with Gasteiger partial charge in [0, 0.05) is 6.42 Å². The Labute approximate surface area is 73.6 Å². The second-order valence-electron chi connectivity index (χ2n) is 3.97. The monoisotopic (exact) mass is 171 g/mol. The number of likely N-dealkylation sites (N-methyl/N-ethyl adjacent to an activating group) is 1. The minimum atomic E-state index is 0.311. The van der Waals surface area contributed by atoms with Gasteiger partial charge in [0.05, 0.1) is 31.1 Å². The van der Waals surface area contributed by atoms with Crippen LogP contribution in [0.3, 0.4) is 0 Å². The van der Waals surface area contributed by atoms with Crippen molar-refractivity contribution in [2.24, 2.45) is 0 Å². The summed E-state index contributed by atoms with van der Waals surface area (Å²) in [5, 5.41) is 0. The zero-order valence-electron chi connectivity index (χ0n) is 7.99. The topological polar surface area (TPSA) is 21.7 Å². The molecule has 70 valence electrons. The van der Waals surface area contributed by atoms with E-state index in [0.717, 1.165) is 13.2 Å². The van der Waals surface area contributed by atoms with E-state index in [1.807, 2.05) is 0 Å². The van der Waals surface area contributed by atoms with Gasteiger partial charge < -0.3 is 9.47 Å². The zero-order chi connectivity index (χ0) is 8.72. The number of fused-ring (bicyclic) bond motifs is 1.